The van der Waals surface area contributed by atoms with Gasteiger partial charge in [0.05, 0.1) is 6.20 Å². The van der Waals surface area contributed by atoms with Gasteiger partial charge in [0, 0.05) is 11.8 Å². The molecule has 1 saturated heterocycles. The third-order valence-electron chi connectivity index (χ3n) is 2.73. The number of rotatable bonds is 2. The summed E-state index contributed by atoms with van der Waals surface area (Å²) in [5.41, 5.74) is 0.685. The molecule has 0 spiro atoms. The van der Waals surface area contributed by atoms with E-state index in [4.69, 9.17) is 0 Å². The third-order valence-corrected chi connectivity index (χ3v) is 4.31. The van der Waals surface area contributed by atoms with Crippen LogP contribution in [0.5, 0.6) is 0 Å². The van der Waals surface area contributed by atoms with Crippen molar-refractivity contribution in [2.24, 2.45) is 7.05 Å². The van der Waals surface area contributed by atoms with Crippen molar-refractivity contribution in [2.75, 3.05) is 5.75 Å². The van der Waals surface area contributed by atoms with Crippen molar-refractivity contribution in [3.63, 3.8) is 0 Å². The Labute approximate surface area is 87.7 Å². The first-order chi connectivity index (χ1) is 6.62. The molecule has 78 valence electrons. The van der Waals surface area contributed by atoms with Crippen LogP contribution in [0.15, 0.2) is 6.20 Å². The van der Waals surface area contributed by atoms with Crippen molar-refractivity contribution in [2.45, 2.75) is 30.6 Å². The fraction of sp³-hybridized carbons (Fsp3) is 0.778. The predicted octanol–water partition coefficient (Wildman–Crippen LogP) is 1.13. The van der Waals surface area contributed by atoms with Gasteiger partial charge >= 0.3 is 0 Å². The molecule has 1 aromatic heterocycles. The van der Waals surface area contributed by atoms with Gasteiger partial charge in [0.25, 0.3) is 0 Å². The summed E-state index contributed by atoms with van der Waals surface area (Å²) >= 11 is 1.83. The number of thioether (sulfide) groups is 1. The maximum absolute atomic E-state index is 10.2. The number of aliphatic hydroxyl groups excluding tert-OH is 1. The first-order valence-electron chi connectivity index (χ1n) is 4.80. The smallest absolute Gasteiger partial charge is 0.114 e. The maximum Gasteiger partial charge on any atom is 0.114 e. The second-order valence-corrected chi connectivity index (χ2v) is 5.61. The highest BCUT2D eigenvalue weighted by molar-refractivity contribution is 8.00. The van der Waals surface area contributed by atoms with Gasteiger partial charge in [-0.05, 0) is 25.5 Å². The van der Waals surface area contributed by atoms with Crippen LogP contribution in [0.4, 0.5) is 0 Å². The topological polar surface area (TPSA) is 50.9 Å². The normalized spacial score (nSPS) is 29.4. The molecule has 0 saturated carbocycles. The van der Waals surface area contributed by atoms with Crippen LogP contribution in [0, 0.1) is 0 Å². The minimum Gasteiger partial charge on any atom is -0.385 e. The van der Waals surface area contributed by atoms with E-state index in [1.54, 1.807) is 10.9 Å². The van der Waals surface area contributed by atoms with E-state index < -0.39 is 6.10 Å². The van der Waals surface area contributed by atoms with E-state index in [9.17, 15) is 5.11 Å². The van der Waals surface area contributed by atoms with Gasteiger partial charge in [-0.25, -0.2) is 0 Å². The Morgan fingerprint density at radius 3 is 3.00 bits per heavy atom. The van der Waals surface area contributed by atoms with E-state index in [-0.39, 0.29) is 4.75 Å². The molecule has 1 aromatic rings. The fourth-order valence-electron chi connectivity index (χ4n) is 1.82. The van der Waals surface area contributed by atoms with Crippen LogP contribution < -0.4 is 0 Å². The van der Waals surface area contributed by atoms with Gasteiger partial charge in [-0.15, -0.1) is 5.10 Å². The molecular weight excluding hydrogens is 198 g/mol. The number of aryl methyl sites for hydroxylation is 1. The Hall–Kier alpha value is -0.550. The van der Waals surface area contributed by atoms with E-state index in [0.29, 0.717) is 5.69 Å². The molecule has 2 atom stereocenters. The highest BCUT2D eigenvalue weighted by atomic mass is 32.2. The molecule has 0 radical (unpaired) electrons. The molecule has 0 bridgehead atoms. The molecule has 1 N–H and O–H groups in total. The summed E-state index contributed by atoms with van der Waals surface area (Å²) in [6.45, 7) is 2.10. The number of hydrogen-bond donors (Lipinski definition) is 1. The molecule has 2 heterocycles. The monoisotopic (exact) mass is 213 g/mol. The van der Waals surface area contributed by atoms with E-state index in [1.807, 2.05) is 18.8 Å². The average molecular weight is 213 g/mol. The molecule has 4 nitrogen and oxygen atoms in total. The van der Waals surface area contributed by atoms with Gasteiger partial charge in [0.1, 0.15) is 11.8 Å². The quantitative estimate of drug-likeness (QED) is 0.800. The van der Waals surface area contributed by atoms with E-state index in [0.717, 1.165) is 12.2 Å². The number of hydrogen-bond acceptors (Lipinski definition) is 4. The van der Waals surface area contributed by atoms with Crippen molar-refractivity contribution in [3.8, 4) is 0 Å². The summed E-state index contributed by atoms with van der Waals surface area (Å²) in [5, 5.41) is 17.9. The van der Waals surface area contributed by atoms with Crippen LogP contribution >= 0.6 is 11.8 Å². The van der Waals surface area contributed by atoms with Gasteiger partial charge in [-0.2, -0.15) is 11.8 Å². The third kappa shape index (κ3) is 1.66. The van der Waals surface area contributed by atoms with Gasteiger partial charge in [-0.1, -0.05) is 5.21 Å². The zero-order chi connectivity index (χ0) is 10.2. The first-order valence-corrected chi connectivity index (χ1v) is 5.79. The van der Waals surface area contributed by atoms with Crippen molar-refractivity contribution in [1.82, 2.24) is 15.0 Å². The summed E-state index contributed by atoms with van der Waals surface area (Å²) in [4.78, 5) is 0. The molecule has 2 rings (SSSR count). The lowest BCUT2D eigenvalue weighted by Gasteiger charge is -2.27. The van der Waals surface area contributed by atoms with Gasteiger partial charge < -0.3 is 5.11 Å². The van der Waals surface area contributed by atoms with Crippen molar-refractivity contribution >= 4 is 11.8 Å². The van der Waals surface area contributed by atoms with Crippen LogP contribution in [0.2, 0.25) is 0 Å². The second kappa shape index (κ2) is 3.55. The molecule has 14 heavy (non-hydrogen) atoms. The summed E-state index contributed by atoms with van der Waals surface area (Å²) < 4.78 is 1.55. The molecule has 1 fully saturated rings. The van der Waals surface area contributed by atoms with Crippen LogP contribution in [0.25, 0.3) is 0 Å². The van der Waals surface area contributed by atoms with Gasteiger partial charge in [0.15, 0.2) is 0 Å². The summed E-state index contributed by atoms with van der Waals surface area (Å²) in [6.07, 6.45) is 3.52. The van der Waals surface area contributed by atoms with Crippen LogP contribution in [-0.2, 0) is 7.05 Å². The van der Waals surface area contributed by atoms with Crippen molar-refractivity contribution in [1.29, 1.82) is 0 Å². The van der Waals surface area contributed by atoms with Crippen LogP contribution in [0.1, 0.15) is 31.6 Å². The molecule has 0 amide bonds. The van der Waals surface area contributed by atoms with E-state index >= 15 is 0 Å². The zero-order valence-corrected chi connectivity index (χ0v) is 9.29. The molecule has 0 aromatic carbocycles. The minimum absolute atomic E-state index is 0.0734. The number of nitrogens with zero attached hydrogens (tertiary/aromatic N) is 3. The Morgan fingerprint density at radius 2 is 2.50 bits per heavy atom. The second-order valence-electron chi connectivity index (χ2n) is 3.98. The van der Waals surface area contributed by atoms with Crippen LogP contribution in [-0.4, -0.2) is 30.6 Å². The first kappa shape index (κ1) is 9.98. The molecule has 5 heteroatoms. The largest absolute Gasteiger partial charge is 0.385 e. The van der Waals surface area contributed by atoms with Crippen molar-refractivity contribution in [3.05, 3.63) is 11.9 Å². The van der Waals surface area contributed by atoms with Gasteiger partial charge in [-0.3, -0.25) is 4.68 Å². The Bertz CT molecular complexity index is 320. The Kier molecular flexibility index (Phi) is 2.53. The average Bonchev–Trinajstić information content (AvgIpc) is 2.74. The fourth-order valence-corrected chi connectivity index (χ4v) is 3.14. The van der Waals surface area contributed by atoms with Crippen molar-refractivity contribution < 1.29 is 5.11 Å². The SMILES string of the molecule is Cn1cc(C(O)C2(C)CCCS2)nn1. The number of aliphatic hydroxyl groups is 1. The summed E-state index contributed by atoms with van der Waals surface area (Å²) in [7, 11) is 1.81. The highest BCUT2D eigenvalue weighted by Gasteiger charge is 2.39. The number of aromatic nitrogens is 3. The minimum atomic E-state index is -0.497. The predicted molar refractivity (Wildman–Crippen MR) is 56.1 cm³/mol. The lowest BCUT2D eigenvalue weighted by molar-refractivity contribution is 0.130. The zero-order valence-electron chi connectivity index (χ0n) is 8.47. The highest BCUT2D eigenvalue weighted by Crippen LogP contribution is 2.45. The molecule has 0 aliphatic carbocycles. The maximum atomic E-state index is 10.2. The summed E-state index contributed by atoms with van der Waals surface area (Å²) in [6, 6.07) is 0. The van der Waals surface area contributed by atoms with Gasteiger partial charge in [0.2, 0.25) is 0 Å². The lowest BCUT2D eigenvalue weighted by atomic mass is 9.97. The molecule has 1 aliphatic rings. The molecular formula is C9H15N3OS. The Balaban J connectivity index is 2.18. The standard InChI is InChI=1S/C9H15N3OS/c1-9(4-3-5-14-9)8(13)7-6-12(2)11-10-7/h6,8,13H,3-5H2,1-2H3. The summed E-state index contributed by atoms with van der Waals surface area (Å²) in [5.74, 6) is 1.13. The van der Waals surface area contributed by atoms with Crippen LogP contribution in [0.3, 0.4) is 0 Å². The van der Waals surface area contributed by atoms with E-state index in [2.05, 4.69) is 17.2 Å². The van der Waals surface area contributed by atoms with E-state index in [1.165, 1.54) is 6.42 Å². The lowest BCUT2D eigenvalue weighted by Crippen LogP contribution is -2.26. The molecule has 1 aliphatic heterocycles. The Morgan fingerprint density at radius 1 is 1.71 bits per heavy atom. The molecule has 2 unspecified atom stereocenters.